The Morgan fingerprint density at radius 1 is 1.62 bits per heavy atom. The van der Waals surface area contributed by atoms with Gasteiger partial charge in [-0.25, -0.2) is 13.4 Å². The highest BCUT2D eigenvalue weighted by Crippen LogP contribution is 2.22. The maximum absolute atomic E-state index is 11.1. The lowest BCUT2D eigenvalue weighted by atomic mass is 10.2. The quantitative estimate of drug-likeness (QED) is 0.829. The number of aryl methyl sites for hydroxylation is 1. The number of imidazole rings is 1. The molecule has 0 radical (unpaired) electrons. The third-order valence-corrected chi connectivity index (χ3v) is 3.79. The minimum atomic E-state index is -2.91. The van der Waals surface area contributed by atoms with Crippen molar-refractivity contribution in [2.45, 2.75) is 25.4 Å². The van der Waals surface area contributed by atoms with E-state index in [2.05, 4.69) is 10.3 Å². The summed E-state index contributed by atoms with van der Waals surface area (Å²) in [6, 6.07) is 0.335. The Kier molecular flexibility index (Phi) is 3.30. The Labute approximate surface area is 95.8 Å². The summed E-state index contributed by atoms with van der Waals surface area (Å²) in [5.41, 5.74) is 1.10. The topological polar surface area (TPSA) is 64.0 Å². The molecule has 0 amide bonds. The lowest BCUT2D eigenvalue weighted by Crippen LogP contribution is -2.19. The van der Waals surface area contributed by atoms with Gasteiger partial charge in [0, 0.05) is 25.0 Å². The number of sulfone groups is 1. The Morgan fingerprint density at radius 3 is 3.06 bits per heavy atom. The molecule has 0 bridgehead atoms. The molecule has 2 rings (SSSR count). The van der Waals surface area contributed by atoms with E-state index in [0.717, 1.165) is 18.7 Å². The number of rotatable bonds is 4. The van der Waals surface area contributed by atoms with E-state index in [1.807, 2.05) is 10.8 Å². The van der Waals surface area contributed by atoms with Gasteiger partial charge in [-0.3, -0.25) is 0 Å². The number of hydrogen-bond acceptors (Lipinski definition) is 4. The van der Waals surface area contributed by atoms with Crippen LogP contribution in [0.15, 0.2) is 12.5 Å². The number of nitrogens with zero attached hydrogens (tertiary/aromatic N) is 2. The second-order valence-corrected chi connectivity index (χ2v) is 6.55. The van der Waals surface area contributed by atoms with Crippen LogP contribution in [0.4, 0.5) is 0 Å². The summed E-state index contributed by atoms with van der Waals surface area (Å²) in [6.07, 6.45) is 7.07. The summed E-state index contributed by atoms with van der Waals surface area (Å²) >= 11 is 0. The number of nitrogens with one attached hydrogen (secondary N) is 1. The van der Waals surface area contributed by atoms with Crippen LogP contribution in [0.2, 0.25) is 0 Å². The lowest BCUT2D eigenvalue weighted by Gasteiger charge is -2.13. The van der Waals surface area contributed by atoms with Crippen LogP contribution in [-0.2, 0) is 16.4 Å². The molecule has 1 aliphatic rings. The predicted octanol–water partition coefficient (Wildman–Crippen LogP) is 0.352. The predicted molar refractivity (Wildman–Crippen MR) is 61.9 cm³/mol. The molecule has 6 heteroatoms. The summed E-state index contributed by atoms with van der Waals surface area (Å²) in [4.78, 5) is 4.10. The summed E-state index contributed by atoms with van der Waals surface area (Å²) in [7, 11) is -2.91. The molecular weight excluding hydrogens is 226 g/mol. The first-order chi connectivity index (χ1) is 7.56. The molecule has 16 heavy (non-hydrogen) atoms. The third kappa shape index (κ3) is 2.82. The first kappa shape index (κ1) is 11.6. The molecule has 5 nitrogen and oxygen atoms in total. The van der Waals surface area contributed by atoms with E-state index in [4.69, 9.17) is 0 Å². The molecule has 1 aromatic heterocycles. The zero-order chi connectivity index (χ0) is 11.6. The van der Waals surface area contributed by atoms with Gasteiger partial charge < -0.3 is 9.88 Å². The molecule has 2 heterocycles. The first-order valence-electron chi connectivity index (χ1n) is 5.47. The van der Waals surface area contributed by atoms with Crippen molar-refractivity contribution >= 4 is 9.84 Å². The van der Waals surface area contributed by atoms with Gasteiger partial charge in [0.15, 0.2) is 0 Å². The van der Waals surface area contributed by atoms with Gasteiger partial charge >= 0.3 is 0 Å². The van der Waals surface area contributed by atoms with Crippen LogP contribution in [-0.4, -0.2) is 36.5 Å². The maximum atomic E-state index is 11.1. The van der Waals surface area contributed by atoms with Crippen LogP contribution in [0.5, 0.6) is 0 Å². The van der Waals surface area contributed by atoms with Crippen molar-refractivity contribution in [2.24, 2.45) is 0 Å². The molecule has 1 aliphatic heterocycles. The van der Waals surface area contributed by atoms with E-state index in [-0.39, 0.29) is 5.75 Å². The zero-order valence-corrected chi connectivity index (χ0v) is 10.2. The van der Waals surface area contributed by atoms with Crippen molar-refractivity contribution in [3.8, 4) is 0 Å². The summed E-state index contributed by atoms with van der Waals surface area (Å²) in [5.74, 6) is 0.170. The Bertz CT molecular complexity index is 446. The highest BCUT2D eigenvalue weighted by atomic mass is 32.2. The zero-order valence-electron chi connectivity index (χ0n) is 9.39. The van der Waals surface area contributed by atoms with Crippen LogP contribution in [0.25, 0.3) is 0 Å². The maximum Gasteiger partial charge on any atom is 0.149 e. The number of hydrogen-bond donors (Lipinski definition) is 1. The molecule has 0 unspecified atom stereocenters. The third-order valence-electron chi connectivity index (χ3n) is 2.86. The Hall–Kier alpha value is -0.880. The molecular formula is C10H17N3O2S. The second kappa shape index (κ2) is 4.55. The van der Waals surface area contributed by atoms with E-state index in [1.165, 1.54) is 12.7 Å². The average molecular weight is 243 g/mol. The average Bonchev–Trinajstić information content (AvgIpc) is 2.84. The fourth-order valence-electron chi connectivity index (χ4n) is 2.01. The van der Waals surface area contributed by atoms with Gasteiger partial charge in [-0.2, -0.15) is 0 Å². The van der Waals surface area contributed by atoms with Crippen LogP contribution in [0, 0.1) is 0 Å². The normalized spacial score (nSPS) is 21.4. The minimum absolute atomic E-state index is 0.170. The van der Waals surface area contributed by atoms with Gasteiger partial charge in [-0.15, -0.1) is 0 Å². The van der Waals surface area contributed by atoms with E-state index in [0.29, 0.717) is 12.6 Å². The molecule has 0 aliphatic carbocycles. The summed E-state index contributed by atoms with van der Waals surface area (Å²) in [6.45, 7) is 1.52. The van der Waals surface area contributed by atoms with E-state index in [1.54, 1.807) is 6.33 Å². The fourth-order valence-corrected chi connectivity index (χ4v) is 2.54. The van der Waals surface area contributed by atoms with Gasteiger partial charge in [0.25, 0.3) is 0 Å². The SMILES string of the molecule is CS(=O)(=O)CCn1cncc1[C@@H]1CCCN1. The van der Waals surface area contributed by atoms with Crippen molar-refractivity contribution in [1.29, 1.82) is 0 Å². The molecule has 1 saturated heterocycles. The number of aromatic nitrogens is 2. The minimum Gasteiger partial charge on any atom is -0.332 e. The van der Waals surface area contributed by atoms with Gasteiger partial charge in [0.05, 0.1) is 17.8 Å². The monoisotopic (exact) mass is 243 g/mol. The molecule has 1 N–H and O–H groups in total. The molecule has 1 atom stereocenters. The second-order valence-electron chi connectivity index (χ2n) is 4.29. The summed E-state index contributed by atoms with van der Waals surface area (Å²) in [5, 5.41) is 3.39. The fraction of sp³-hybridized carbons (Fsp3) is 0.700. The molecule has 0 aromatic carbocycles. The van der Waals surface area contributed by atoms with Crippen LogP contribution >= 0.6 is 0 Å². The highest BCUT2D eigenvalue weighted by Gasteiger charge is 2.19. The van der Waals surface area contributed by atoms with E-state index < -0.39 is 9.84 Å². The largest absolute Gasteiger partial charge is 0.332 e. The van der Waals surface area contributed by atoms with Crippen molar-refractivity contribution in [1.82, 2.24) is 14.9 Å². The van der Waals surface area contributed by atoms with Gasteiger partial charge in [-0.05, 0) is 19.4 Å². The van der Waals surface area contributed by atoms with Gasteiger partial charge in [0.2, 0.25) is 0 Å². The molecule has 1 aromatic rings. The Morgan fingerprint density at radius 2 is 2.44 bits per heavy atom. The standard InChI is InChI=1S/C10H17N3O2S/c1-16(14,15)6-5-13-8-11-7-10(13)9-3-2-4-12-9/h7-9,12H,2-6H2,1H3/t9-/m0/s1. The Balaban J connectivity index is 2.07. The van der Waals surface area contributed by atoms with Gasteiger partial charge in [0.1, 0.15) is 9.84 Å². The van der Waals surface area contributed by atoms with Crippen LogP contribution in [0.1, 0.15) is 24.6 Å². The van der Waals surface area contributed by atoms with E-state index >= 15 is 0 Å². The van der Waals surface area contributed by atoms with Crippen molar-refractivity contribution in [3.05, 3.63) is 18.2 Å². The smallest absolute Gasteiger partial charge is 0.149 e. The van der Waals surface area contributed by atoms with Gasteiger partial charge in [-0.1, -0.05) is 0 Å². The van der Waals surface area contributed by atoms with Crippen LogP contribution < -0.4 is 5.32 Å². The van der Waals surface area contributed by atoms with Crippen molar-refractivity contribution in [3.63, 3.8) is 0 Å². The van der Waals surface area contributed by atoms with E-state index in [9.17, 15) is 8.42 Å². The van der Waals surface area contributed by atoms with Crippen LogP contribution in [0.3, 0.4) is 0 Å². The highest BCUT2D eigenvalue weighted by molar-refractivity contribution is 7.90. The van der Waals surface area contributed by atoms with Crippen molar-refractivity contribution in [2.75, 3.05) is 18.6 Å². The first-order valence-corrected chi connectivity index (χ1v) is 7.53. The summed E-state index contributed by atoms with van der Waals surface area (Å²) < 4.78 is 24.2. The molecule has 1 fully saturated rings. The van der Waals surface area contributed by atoms with Crippen molar-refractivity contribution < 1.29 is 8.42 Å². The lowest BCUT2D eigenvalue weighted by molar-refractivity contribution is 0.566. The molecule has 0 spiro atoms. The molecule has 90 valence electrons. The molecule has 0 saturated carbocycles.